The van der Waals surface area contributed by atoms with Crippen molar-refractivity contribution >= 4 is 17.3 Å². The number of amides is 1. The molecule has 0 heterocycles. The molecule has 0 aromatic heterocycles. The summed E-state index contributed by atoms with van der Waals surface area (Å²) in [6.07, 6.45) is 4.75. The van der Waals surface area contributed by atoms with Crippen molar-refractivity contribution in [3.8, 4) is 11.5 Å². The summed E-state index contributed by atoms with van der Waals surface area (Å²) >= 11 is 0. The van der Waals surface area contributed by atoms with Gasteiger partial charge in [-0.3, -0.25) is 4.79 Å². The van der Waals surface area contributed by atoms with Gasteiger partial charge in [0.15, 0.2) is 0 Å². The number of unbranched alkanes of at least 4 members (excludes halogenated alkanes) is 3. The maximum absolute atomic E-state index is 12.3. The van der Waals surface area contributed by atoms with Crippen LogP contribution in [0.3, 0.4) is 0 Å². The number of carbonyl (C=O) groups is 1. The molecule has 30 heavy (non-hydrogen) atoms. The third-order valence-corrected chi connectivity index (χ3v) is 4.42. The normalized spacial score (nSPS) is 10.5. The van der Waals surface area contributed by atoms with Gasteiger partial charge in [0.1, 0.15) is 18.1 Å². The number of nitrogens with one attached hydrogen (secondary N) is 2. The van der Waals surface area contributed by atoms with Crippen molar-refractivity contribution in [2.24, 2.45) is 0 Å². The molecule has 0 spiro atoms. The molecule has 0 unspecified atom stereocenters. The summed E-state index contributed by atoms with van der Waals surface area (Å²) in [7, 11) is 0. The van der Waals surface area contributed by atoms with Crippen LogP contribution in [0.2, 0.25) is 0 Å². The topological polar surface area (TPSA) is 68.8 Å². The monoisotopic (exact) mass is 414 g/mol. The zero-order chi connectivity index (χ0) is 21.4. The van der Waals surface area contributed by atoms with Gasteiger partial charge < -0.3 is 24.8 Å². The van der Waals surface area contributed by atoms with Crippen LogP contribution in [-0.2, 0) is 9.53 Å². The van der Waals surface area contributed by atoms with Gasteiger partial charge in [0.05, 0.1) is 25.4 Å². The third-order valence-electron chi connectivity index (χ3n) is 4.42. The van der Waals surface area contributed by atoms with Crippen LogP contribution in [-0.4, -0.2) is 38.9 Å². The van der Waals surface area contributed by atoms with E-state index in [0.29, 0.717) is 31.3 Å². The van der Waals surface area contributed by atoms with E-state index >= 15 is 0 Å². The molecule has 0 aliphatic heterocycles. The van der Waals surface area contributed by atoms with Gasteiger partial charge in [-0.15, -0.1) is 0 Å². The molecular weight excluding hydrogens is 380 g/mol. The molecule has 0 bridgehead atoms. The molecule has 0 aliphatic carbocycles. The first kappa shape index (κ1) is 23.5. The third kappa shape index (κ3) is 9.18. The maximum Gasteiger partial charge on any atom is 0.243 e. The minimum absolute atomic E-state index is 0.146. The number of benzene rings is 2. The average Bonchev–Trinajstić information content (AvgIpc) is 2.77. The highest BCUT2D eigenvalue weighted by Crippen LogP contribution is 2.23. The fourth-order valence-electron chi connectivity index (χ4n) is 2.82. The van der Waals surface area contributed by atoms with Gasteiger partial charge in [-0.1, -0.05) is 38.3 Å². The van der Waals surface area contributed by atoms with E-state index in [1.54, 1.807) is 0 Å². The molecular formula is C24H34N2O4. The van der Waals surface area contributed by atoms with Crippen LogP contribution < -0.4 is 20.1 Å². The Hall–Kier alpha value is -2.73. The molecule has 0 atom stereocenters. The molecule has 6 heteroatoms. The van der Waals surface area contributed by atoms with Crippen LogP contribution in [0.25, 0.3) is 0 Å². The van der Waals surface area contributed by atoms with E-state index in [1.807, 2.05) is 55.5 Å². The molecule has 0 saturated carbocycles. The molecule has 0 fully saturated rings. The van der Waals surface area contributed by atoms with Gasteiger partial charge >= 0.3 is 0 Å². The summed E-state index contributed by atoms with van der Waals surface area (Å²) in [5.74, 6) is 1.33. The van der Waals surface area contributed by atoms with Crippen LogP contribution in [0.4, 0.5) is 11.4 Å². The van der Waals surface area contributed by atoms with E-state index in [-0.39, 0.29) is 12.5 Å². The number of hydrogen-bond donors (Lipinski definition) is 2. The summed E-state index contributed by atoms with van der Waals surface area (Å²) < 4.78 is 16.7. The summed E-state index contributed by atoms with van der Waals surface area (Å²) in [6, 6.07) is 15.1. The van der Waals surface area contributed by atoms with Crippen LogP contribution in [0.1, 0.15) is 39.5 Å². The molecule has 0 saturated heterocycles. The van der Waals surface area contributed by atoms with Gasteiger partial charge in [-0.05, 0) is 49.7 Å². The van der Waals surface area contributed by atoms with Crippen molar-refractivity contribution in [1.82, 2.24) is 0 Å². The first-order chi connectivity index (χ1) is 14.7. The quantitative estimate of drug-likeness (QED) is 0.396. The van der Waals surface area contributed by atoms with Crippen LogP contribution in [0.5, 0.6) is 11.5 Å². The molecule has 0 aliphatic rings. The molecule has 164 valence electrons. The van der Waals surface area contributed by atoms with Crippen molar-refractivity contribution in [2.75, 3.05) is 43.6 Å². The lowest BCUT2D eigenvalue weighted by Crippen LogP contribution is -2.22. The summed E-state index contributed by atoms with van der Waals surface area (Å²) in [6.45, 7) is 6.63. The lowest BCUT2D eigenvalue weighted by atomic mass is 10.2. The second-order valence-corrected chi connectivity index (χ2v) is 6.88. The molecule has 2 aromatic rings. The van der Waals surface area contributed by atoms with Gasteiger partial charge in [0.2, 0.25) is 5.91 Å². The zero-order valence-electron chi connectivity index (χ0n) is 18.1. The molecule has 0 radical (unpaired) electrons. The van der Waals surface area contributed by atoms with Gasteiger partial charge in [0, 0.05) is 12.3 Å². The number of anilines is 2. The first-order valence-electron chi connectivity index (χ1n) is 10.8. The Balaban J connectivity index is 1.74. The smallest absolute Gasteiger partial charge is 0.243 e. The van der Waals surface area contributed by atoms with Crippen molar-refractivity contribution in [3.63, 3.8) is 0 Å². The highest BCUT2D eigenvalue weighted by Gasteiger charge is 2.08. The van der Waals surface area contributed by atoms with E-state index in [1.165, 1.54) is 19.3 Å². The Morgan fingerprint density at radius 3 is 2.43 bits per heavy atom. The van der Waals surface area contributed by atoms with E-state index in [2.05, 4.69) is 17.6 Å². The Labute approximate surface area is 179 Å². The van der Waals surface area contributed by atoms with Crippen molar-refractivity contribution < 1.29 is 19.0 Å². The highest BCUT2D eigenvalue weighted by molar-refractivity contribution is 5.95. The fraction of sp³-hybridized carbons (Fsp3) is 0.458. The Morgan fingerprint density at radius 1 is 0.867 bits per heavy atom. The van der Waals surface area contributed by atoms with Gasteiger partial charge in [0.25, 0.3) is 0 Å². The van der Waals surface area contributed by atoms with E-state index < -0.39 is 0 Å². The second kappa shape index (κ2) is 14.3. The lowest BCUT2D eigenvalue weighted by Gasteiger charge is -2.13. The lowest BCUT2D eigenvalue weighted by molar-refractivity contribution is -0.114. The molecule has 2 N–H and O–H groups in total. The Morgan fingerprint density at radius 2 is 1.67 bits per heavy atom. The SMILES string of the molecule is CCCCCCOc1ccc(NCC(=O)Nc2ccccc2OCCOCC)cc1. The van der Waals surface area contributed by atoms with Crippen molar-refractivity contribution in [1.29, 1.82) is 0 Å². The minimum Gasteiger partial charge on any atom is -0.494 e. The van der Waals surface area contributed by atoms with Gasteiger partial charge in [-0.25, -0.2) is 0 Å². The number of hydrogen-bond acceptors (Lipinski definition) is 5. The van der Waals surface area contributed by atoms with E-state index in [9.17, 15) is 4.79 Å². The van der Waals surface area contributed by atoms with Gasteiger partial charge in [-0.2, -0.15) is 0 Å². The largest absolute Gasteiger partial charge is 0.494 e. The molecule has 2 rings (SSSR count). The highest BCUT2D eigenvalue weighted by atomic mass is 16.5. The van der Waals surface area contributed by atoms with Crippen LogP contribution in [0, 0.1) is 0 Å². The predicted molar refractivity (Wildman–Crippen MR) is 122 cm³/mol. The second-order valence-electron chi connectivity index (χ2n) is 6.88. The standard InChI is InChI=1S/C24H34N2O4/c1-3-5-6-9-16-29-21-14-12-20(13-15-21)25-19-24(27)26-22-10-7-8-11-23(22)30-18-17-28-4-2/h7-8,10-15,25H,3-6,9,16-19H2,1-2H3,(H,26,27). The number of ether oxygens (including phenoxy) is 3. The minimum atomic E-state index is -0.146. The maximum atomic E-state index is 12.3. The number of carbonyl (C=O) groups excluding carboxylic acids is 1. The summed E-state index contributed by atoms with van der Waals surface area (Å²) in [5, 5.41) is 6.01. The van der Waals surface area contributed by atoms with Crippen molar-refractivity contribution in [2.45, 2.75) is 39.5 Å². The van der Waals surface area contributed by atoms with E-state index in [4.69, 9.17) is 14.2 Å². The average molecular weight is 415 g/mol. The van der Waals surface area contributed by atoms with E-state index in [0.717, 1.165) is 24.5 Å². The predicted octanol–water partition coefficient (Wildman–Crippen LogP) is 5.11. The number of rotatable bonds is 15. The summed E-state index contributed by atoms with van der Waals surface area (Å²) in [5.41, 5.74) is 1.51. The fourth-order valence-corrected chi connectivity index (χ4v) is 2.82. The number of para-hydroxylation sites is 2. The van der Waals surface area contributed by atoms with Crippen LogP contribution in [0.15, 0.2) is 48.5 Å². The summed E-state index contributed by atoms with van der Waals surface area (Å²) in [4.78, 5) is 12.3. The van der Waals surface area contributed by atoms with Crippen molar-refractivity contribution in [3.05, 3.63) is 48.5 Å². The molecule has 6 nitrogen and oxygen atoms in total. The molecule has 1 amide bonds. The Bertz CT molecular complexity index is 734. The Kier molecular flexibility index (Phi) is 11.2. The van der Waals surface area contributed by atoms with Crippen LogP contribution >= 0.6 is 0 Å². The zero-order valence-corrected chi connectivity index (χ0v) is 18.1. The molecule has 2 aromatic carbocycles. The first-order valence-corrected chi connectivity index (χ1v) is 10.8.